The fourth-order valence-corrected chi connectivity index (χ4v) is 3.93. The van der Waals surface area contributed by atoms with Gasteiger partial charge >= 0.3 is 12.3 Å². The summed E-state index contributed by atoms with van der Waals surface area (Å²) in [5.74, 6) is 0.391. The van der Waals surface area contributed by atoms with Crippen molar-refractivity contribution < 1.29 is 27.4 Å². The van der Waals surface area contributed by atoms with E-state index in [2.05, 4.69) is 10.2 Å². The summed E-state index contributed by atoms with van der Waals surface area (Å²) < 4.78 is 49.1. The van der Waals surface area contributed by atoms with Gasteiger partial charge in [-0.15, -0.1) is 5.10 Å². The number of carbonyl (C=O) groups is 1. The fraction of sp³-hybridized carbons (Fsp3) is 0.565. The van der Waals surface area contributed by atoms with E-state index >= 15 is 0 Å². The molecule has 32 heavy (non-hydrogen) atoms. The molecule has 1 fully saturated rings. The molecule has 1 aromatic heterocycles. The molecule has 0 radical (unpaired) electrons. The Morgan fingerprint density at radius 2 is 1.81 bits per heavy atom. The van der Waals surface area contributed by atoms with Gasteiger partial charge in [-0.05, 0) is 45.2 Å². The molecule has 0 spiro atoms. The number of carbonyl (C=O) groups excluding carboxylic acids is 1. The summed E-state index contributed by atoms with van der Waals surface area (Å²) in [6.07, 6.45) is -4.90. The van der Waals surface area contributed by atoms with Crippen LogP contribution in [0.5, 0.6) is 5.88 Å². The van der Waals surface area contributed by atoms with Gasteiger partial charge in [-0.25, -0.2) is 4.79 Å². The van der Waals surface area contributed by atoms with Gasteiger partial charge in [0.05, 0.1) is 13.0 Å². The van der Waals surface area contributed by atoms with Crippen LogP contribution in [0.1, 0.15) is 62.8 Å². The van der Waals surface area contributed by atoms with Crippen LogP contribution < -0.4 is 4.74 Å². The molecule has 176 valence electrons. The number of nitrogens with zero attached hydrogens (tertiary/aromatic N) is 2. The predicted octanol–water partition coefficient (Wildman–Crippen LogP) is 5.42. The zero-order valence-corrected chi connectivity index (χ0v) is 18.8. The van der Waals surface area contributed by atoms with Gasteiger partial charge < -0.3 is 14.4 Å². The first-order chi connectivity index (χ1) is 14.9. The van der Waals surface area contributed by atoms with Crippen LogP contribution in [0.25, 0.3) is 0 Å². The van der Waals surface area contributed by atoms with Crippen LogP contribution in [0.15, 0.2) is 30.3 Å². The zero-order chi connectivity index (χ0) is 23.5. The van der Waals surface area contributed by atoms with Crippen LogP contribution in [0.2, 0.25) is 0 Å². The molecule has 2 unspecified atom stereocenters. The van der Waals surface area contributed by atoms with Gasteiger partial charge in [0.1, 0.15) is 5.60 Å². The standard InChI is InChI=1S/C23H30F3N3O3/c1-5-31-20-11-19(27-28-20)18-10-17(13-29(14-18)21(30)32-22(2,3)4)16-8-6-15(7-9-16)12-23(24,25)26/h6-9,11,17-18H,5,10,12-14H2,1-4H3,(H,27,28). The lowest BCUT2D eigenvalue weighted by molar-refractivity contribution is -0.127. The molecule has 2 aromatic rings. The Labute approximate surface area is 186 Å². The van der Waals surface area contributed by atoms with Crippen molar-refractivity contribution in [2.24, 2.45) is 0 Å². The predicted molar refractivity (Wildman–Crippen MR) is 114 cm³/mol. The van der Waals surface area contributed by atoms with E-state index in [-0.39, 0.29) is 17.4 Å². The number of H-pyrrole nitrogens is 1. The van der Waals surface area contributed by atoms with Crippen molar-refractivity contribution in [3.8, 4) is 5.88 Å². The van der Waals surface area contributed by atoms with Crippen LogP contribution >= 0.6 is 0 Å². The van der Waals surface area contributed by atoms with Crippen molar-refractivity contribution in [3.63, 3.8) is 0 Å². The van der Waals surface area contributed by atoms with Crippen LogP contribution in [0.3, 0.4) is 0 Å². The maximum atomic E-state index is 12.8. The number of nitrogens with one attached hydrogen (secondary N) is 1. The lowest BCUT2D eigenvalue weighted by Gasteiger charge is -2.38. The number of ether oxygens (including phenoxy) is 2. The Morgan fingerprint density at radius 3 is 2.41 bits per heavy atom. The summed E-state index contributed by atoms with van der Waals surface area (Å²) in [7, 11) is 0. The second kappa shape index (κ2) is 9.42. The Morgan fingerprint density at radius 1 is 1.16 bits per heavy atom. The number of likely N-dealkylation sites (tertiary alicyclic amines) is 1. The molecule has 1 saturated heterocycles. The van der Waals surface area contributed by atoms with Crippen LogP contribution in [0, 0.1) is 0 Å². The van der Waals surface area contributed by atoms with Crippen molar-refractivity contribution in [2.45, 2.75) is 64.1 Å². The molecule has 3 rings (SSSR count). The second-order valence-corrected chi connectivity index (χ2v) is 9.14. The fourth-order valence-electron chi connectivity index (χ4n) is 3.93. The number of alkyl halides is 3. The number of piperidine rings is 1. The molecule has 2 atom stereocenters. The highest BCUT2D eigenvalue weighted by Crippen LogP contribution is 2.37. The molecule has 0 saturated carbocycles. The number of amides is 1. The number of aromatic amines is 1. The Hall–Kier alpha value is -2.71. The van der Waals surface area contributed by atoms with Crippen molar-refractivity contribution in [2.75, 3.05) is 19.7 Å². The zero-order valence-electron chi connectivity index (χ0n) is 18.8. The van der Waals surface area contributed by atoms with E-state index in [9.17, 15) is 18.0 Å². The number of halogens is 3. The summed E-state index contributed by atoms with van der Waals surface area (Å²) in [4.78, 5) is 14.5. The number of benzene rings is 1. The third-order valence-corrected chi connectivity index (χ3v) is 5.26. The van der Waals surface area contributed by atoms with Gasteiger partial charge in [0.2, 0.25) is 5.88 Å². The van der Waals surface area contributed by atoms with E-state index < -0.39 is 24.3 Å². The monoisotopic (exact) mass is 453 g/mol. The van der Waals surface area contributed by atoms with Crippen LogP contribution in [-0.4, -0.2) is 52.7 Å². The molecule has 1 aromatic carbocycles. The van der Waals surface area contributed by atoms with E-state index in [0.29, 0.717) is 32.0 Å². The Kier molecular flexibility index (Phi) is 7.05. The van der Waals surface area contributed by atoms with Crippen LogP contribution in [-0.2, 0) is 11.2 Å². The average Bonchev–Trinajstić information content (AvgIpc) is 3.15. The summed E-state index contributed by atoms with van der Waals surface area (Å²) in [6, 6.07) is 8.29. The maximum Gasteiger partial charge on any atom is 0.410 e. The molecule has 1 aliphatic rings. The topological polar surface area (TPSA) is 67.4 Å². The summed E-state index contributed by atoms with van der Waals surface area (Å²) >= 11 is 0. The molecule has 9 heteroatoms. The molecule has 6 nitrogen and oxygen atoms in total. The van der Waals surface area contributed by atoms with E-state index in [4.69, 9.17) is 9.47 Å². The van der Waals surface area contributed by atoms with Crippen LogP contribution in [0.4, 0.5) is 18.0 Å². The van der Waals surface area contributed by atoms with Gasteiger partial charge in [0.25, 0.3) is 0 Å². The summed E-state index contributed by atoms with van der Waals surface area (Å²) in [5, 5.41) is 7.16. The van der Waals surface area contributed by atoms with E-state index in [1.54, 1.807) is 17.0 Å². The molecule has 1 N–H and O–H groups in total. The summed E-state index contributed by atoms with van der Waals surface area (Å²) in [6.45, 7) is 8.68. The van der Waals surface area contributed by atoms with E-state index in [0.717, 1.165) is 11.3 Å². The third kappa shape index (κ3) is 6.64. The molecule has 0 bridgehead atoms. The lowest BCUT2D eigenvalue weighted by atomic mass is 9.83. The lowest BCUT2D eigenvalue weighted by Crippen LogP contribution is -2.45. The van der Waals surface area contributed by atoms with E-state index in [1.807, 2.05) is 33.8 Å². The first-order valence-electron chi connectivity index (χ1n) is 10.7. The normalized spacial score (nSPS) is 19.7. The molecular weight excluding hydrogens is 423 g/mol. The minimum absolute atomic E-state index is 0.0437. The first-order valence-corrected chi connectivity index (χ1v) is 10.7. The first kappa shape index (κ1) is 23.9. The smallest absolute Gasteiger partial charge is 0.410 e. The Balaban J connectivity index is 1.82. The van der Waals surface area contributed by atoms with Crippen molar-refractivity contribution in [1.29, 1.82) is 0 Å². The maximum absolute atomic E-state index is 12.8. The second-order valence-electron chi connectivity index (χ2n) is 9.14. The Bertz CT molecular complexity index is 904. The average molecular weight is 454 g/mol. The van der Waals surface area contributed by atoms with Gasteiger partial charge in [0.15, 0.2) is 0 Å². The van der Waals surface area contributed by atoms with Gasteiger partial charge in [-0.3, -0.25) is 5.10 Å². The van der Waals surface area contributed by atoms with Crippen molar-refractivity contribution in [1.82, 2.24) is 15.1 Å². The van der Waals surface area contributed by atoms with Crippen molar-refractivity contribution in [3.05, 3.63) is 47.2 Å². The largest absolute Gasteiger partial charge is 0.477 e. The highest BCUT2D eigenvalue weighted by molar-refractivity contribution is 5.68. The SMILES string of the molecule is CCOc1cc(C2CC(c3ccc(CC(F)(F)F)cc3)CN(C(=O)OC(C)(C)C)C2)[nH]n1. The minimum Gasteiger partial charge on any atom is -0.477 e. The summed E-state index contributed by atoms with van der Waals surface area (Å²) in [5.41, 5.74) is 1.32. The molecule has 1 aliphatic heterocycles. The van der Waals surface area contributed by atoms with Gasteiger partial charge in [0, 0.05) is 36.7 Å². The van der Waals surface area contributed by atoms with Gasteiger partial charge in [-0.1, -0.05) is 24.3 Å². The third-order valence-electron chi connectivity index (χ3n) is 5.26. The molecular formula is C23H30F3N3O3. The quantitative estimate of drug-likeness (QED) is 0.656. The number of aromatic nitrogens is 2. The van der Waals surface area contributed by atoms with Crippen molar-refractivity contribution >= 4 is 6.09 Å². The highest BCUT2D eigenvalue weighted by atomic mass is 19.4. The molecule has 2 heterocycles. The van der Waals surface area contributed by atoms with Gasteiger partial charge in [-0.2, -0.15) is 13.2 Å². The molecule has 1 amide bonds. The number of rotatable bonds is 5. The molecule has 0 aliphatic carbocycles. The number of hydrogen-bond acceptors (Lipinski definition) is 4. The minimum atomic E-state index is -4.25. The van der Waals surface area contributed by atoms with E-state index in [1.165, 1.54) is 12.1 Å². The highest BCUT2D eigenvalue weighted by Gasteiger charge is 2.35. The number of hydrogen-bond donors (Lipinski definition) is 1.